The smallest absolute Gasteiger partial charge is 0.309 e. The van der Waals surface area contributed by atoms with Gasteiger partial charge in [-0.25, -0.2) is 0 Å². The second-order valence-corrected chi connectivity index (χ2v) is 4.80. The molecule has 3 nitrogen and oxygen atoms in total. The van der Waals surface area contributed by atoms with Crippen molar-refractivity contribution in [3.05, 3.63) is 0 Å². The summed E-state index contributed by atoms with van der Waals surface area (Å²) in [6.07, 6.45) is 1.85. The molecule has 3 aliphatic rings. The molecule has 1 aliphatic heterocycles. The van der Waals surface area contributed by atoms with E-state index in [1.807, 2.05) is 0 Å². The fourth-order valence-electron chi connectivity index (χ4n) is 3.46. The minimum Gasteiger partial charge on any atom is -0.469 e. The first kappa shape index (κ1) is 8.98. The molecule has 0 spiro atoms. The molecule has 2 bridgehead atoms. The number of alkyl halides is 1. The van der Waals surface area contributed by atoms with E-state index in [2.05, 4.69) is 0 Å². The Morgan fingerprint density at radius 1 is 1.50 bits per heavy atom. The van der Waals surface area contributed by atoms with Gasteiger partial charge in [-0.1, -0.05) is 0 Å². The topological polar surface area (TPSA) is 38.8 Å². The van der Waals surface area contributed by atoms with Gasteiger partial charge in [-0.3, -0.25) is 4.79 Å². The lowest BCUT2D eigenvalue weighted by Gasteiger charge is -2.24. The number of carbonyl (C=O) groups excluding carboxylic acids is 1. The van der Waals surface area contributed by atoms with Crippen molar-refractivity contribution >= 4 is 17.6 Å². The van der Waals surface area contributed by atoms with Gasteiger partial charge in [0.2, 0.25) is 0 Å². The predicted octanol–water partition coefficient (Wildman–Crippen LogP) is 1.05. The molecule has 78 valence electrons. The number of fused-ring (bicyclic) bond motifs is 5. The molecule has 3 rings (SSSR count). The van der Waals surface area contributed by atoms with Crippen LogP contribution >= 0.6 is 11.6 Å². The zero-order valence-corrected chi connectivity index (χ0v) is 8.74. The van der Waals surface area contributed by atoms with Crippen LogP contribution in [-0.4, -0.2) is 31.2 Å². The number of methoxy groups -OCH3 is 1. The van der Waals surface area contributed by atoms with Gasteiger partial charge in [0.25, 0.3) is 0 Å². The normalized spacial score (nSPS) is 53.0. The van der Waals surface area contributed by atoms with Gasteiger partial charge in [0.1, 0.15) is 0 Å². The van der Waals surface area contributed by atoms with Crippen LogP contribution in [0.3, 0.4) is 0 Å². The van der Waals surface area contributed by atoms with E-state index in [0.29, 0.717) is 29.9 Å². The summed E-state index contributed by atoms with van der Waals surface area (Å²) < 4.78 is 10.4. The van der Waals surface area contributed by atoms with E-state index < -0.39 is 0 Å². The maximum atomic E-state index is 11.6. The number of carbonyl (C=O) groups is 1. The number of esters is 1. The van der Waals surface area contributed by atoms with Gasteiger partial charge in [-0.05, 0) is 18.3 Å². The summed E-state index contributed by atoms with van der Waals surface area (Å²) in [7, 11) is 1.45. The molecule has 1 saturated heterocycles. The lowest BCUT2D eigenvalue weighted by molar-refractivity contribution is -0.148. The largest absolute Gasteiger partial charge is 0.469 e. The Labute approximate surface area is 87.7 Å². The Bertz CT molecular complexity index is 281. The van der Waals surface area contributed by atoms with Crippen molar-refractivity contribution in [1.82, 2.24) is 0 Å². The number of hydrogen-bond acceptors (Lipinski definition) is 3. The van der Waals surface area contributed by atoms with Crippen molar-refractivity contribution in [2.75, 3.05) is 13.0 Å². The second kappa shape index (κ2) is 2.86. The molecule has 0 unspecified atom stereocenters. The zero-order chi connectivity index (χ0) is 9.87. The predicted molar refractivity (Wildman–Crippen MR) is 50.0 cm³/mol. The lowest BCUT2D eigenvalue weighted by atomic mass is 9.80. The van der Waals surface area contributed by atoms with Crippen LogP contribution in [0, 0.1) is 23.7 Å². The molecule has 2 aliphatic carbocycles. The average molecular weight is 217 g/mol. The first-order chi connectivity index (χ1) is 6.77. The fraction of sp³-hybridized carbons (Fsp3) is 0.900. The van der Waals surface area contributed by atoms with Crippen LogP contribution in [0.25, 0.3) is 0 Å². The molecular weight excluding hydrogens is 204 g/mol. The highest BCUT2D eigenvalue weighted by molar-refractivity contribution is 6.18. The van der Waals surface area contributed by atoms with Gasteiger partial charge in [0, 0.05) is 11.8 Å². The second-order valence-electron chi connectivity index (χ2n) is 4.50. The van der Waals surface area contributed by atoms with Gasteiger partial charge in [0.15, 0.2) is 0 Å². The molecule has 4 heteroatoms. The number of ether oxygens (including phenoxy) is 2. The number of epoxide rings is 1. The Balaban J connectivity index is 1.86. The van der Waals surface area contributed by atoms with E-state index in [1.54, 1.807) is 0 Å². The maximum Gasteiger partial charge on any atom is 0.309 e. The van der Waals surface area contributed by atoms with Crippen LogP contribution in [0.15, 0.2) is 0 Å². The molecule has 0 radical (unpaired) electrons. The summed E-state index contributed by atoms with van der Waals surface area (Å²) in [5.41, 5.74) is 0. The average Bonchev–Trinajstić information content (AvgIpc) is 2.84. The third-order valence-electron chi connectivity index (χ3n) is 4.07. The van der Waals surface area contributed by atoms with Crippen LogP contribution in [0.4, 0.5) is 0 Å². The Kier molecular flexibility index (Phi) is 1.83. The van der Waals surface area contributed by atoms with Crippen LogP contribution in [0.1, 0.15) is 6.42 Å². The molecule has 0 N–H and O–H groups in total. The van der Waals surface area contributed by atoms with Gasteiger partial charge >= 0.3 is 5.97 Å². The molecule has 0 amide bonds. The Hall–Kier alpha value is -0.280. The highest BCUT2D eigenvalue weighted by Gasteiger charge is 2.68. The van der Waals surface area contributed by atoms with Crippen LogP contribution < -0.4 is 0 Å². The van der Waals surface area contributed by atoms with Gasteiger partial charge < -0.3 is 9.47 Å². The van der Waals surface area contributed by atoms with Crippen molar-refractivity contribution in [3.8, 4) is 0 Å². The number of hydrogen-bond donors (Lipinski definition) is 0. The molecule has 14 heavy (non-hydrogen) atoms. The van der Waals surface area contributed by atoms with Crippen LogP contribution in [0.2, 0.25) is 0 Å². The molecule has 0 aromatic carbocycles. The van der Waals surface area contributed by atoms with Gasteiger partial charge in [-0.15, -0.1) is 11.6 Å². The van der Waals surface area contributed by atoms with Crippen molar-refractivity contribution in [2.24, 2.45) is 23.7 Å². The Morgan fingerprint density at radius 2 is 2.21 bits per heavy atom. The molecule has 2 saturated carbocycles. The third-order valence-corrected chi connectivity index (χ3v) is 4.43. The summed E-state index contributed by atoms with van der Waals surface area (Å²) in [6, 6.07) is 0. The molecular formula is C10H13ClO3. The quantitative estimate of drug-likeness (QED) is 0.394. The highest BCUT2D eigenvalue weighted by Crippen LogP contribution is 2.61. The van der Waals surface area contributed by atoms with E-state index in [1.165, 1.54) is 7.11 Å². The fourth-order valence-corrected chi connectivity index (χ4v) is 3.88. The zero-order valence-electron chi connectivity index (χ0n) is 7.98. The highest BCUT2D eigenvalue weighted by atomic mass is 35.5. The van der Waals surface area contributed by atoms with Gasteiger partial charge in [0.05, 0.1) is 25.2 Å². The first-order valence-electron chi connectivity index (χ1n) is 5.07. The Morgan fingerprint density at radius 3 is 2.86 bits per heavy atom. The SMILES string of the molecule is COC(=O)[C@H]1[C@H](CCl)[C@@H]2C[C@H]1[C@H]1O[C@@H]21. The minimum absolute atomic E-state index is 0.00810. The van der Waals surface area contributed by atoms with Crippen molar-refractivity contribution in [2.45, 2.75) is 18.6 Å². The van der Waals surface area contributed by atoms with Crippen LogP contribution in [-0.2, 0) is 14.3 Å². The van der Waals surface area contributed by atoms with Crippen molar-refractivity contribution in [3.63, 3.8) is 0 Å². The first-order valence-corrected chi connectivity index (χ1v) is 5.60. The van der Waals surface area contributed by atoms with E-state index in [-0.39, 0.29) is 17.8 Å². The molecule has 0 aromatic heterocycles. The summed E-state index contributed by atoms with van der Waals surface area (Å²) in [5, 5.41) is 0. The van der Waals surface area contributed by atoms with Gasteiger partial charge in [-0.2, -0.15) is 0 Å². The summed E-state index contributed by atoms with van der Waals surface area (Å²) in [6.45, 7) is 0. The minimum atomic E-state index is -0.0999. The molecule has 6 atom stereocenters. The summed E-state index contributed by atoms with van der Waals surface area (Å²) in [4.78, 5) is 11.6. The standard InChI is InChI=1S/C10H13ClO3/c1-13-10(12)7-5-2-4(6(7)3-11)8-9(5)14-8/h4-9H,2-3H2,1H3/t4-,5+,6+,7+,8-,9+/m0/s1. The third kappa shape index (κ3) is 0.947. The molecule has 0 aromatic rings. The van der Waals surface area contributed by atoms with Crippen molar-refractivity contribution in [1.29, 1.82) is 0 Å². The lowest BCUT2D eigenvalue weighted by Crippen LogP contribution is -2.35. The van der Waals surface area contributed by atoms with Crippen molar-refractivity contribution < 1.29 is 14.3 Å². The summed E-state index contributed by atoms with van der Waals surface area (Å²) >= 11 is 5.92. The number of halogens is 1. The molecule has 1 heterocycles. The van der Waals surface area contributed by atoms with E-state index in [0.717, 1.165) is 6.42 Å². The maximum absolute atomic E-state index is 11.6. The number of rotatable bonds is 2. The monoisotopic (exact) mass is 216 g/mol. The van der Waals surface area contributed by atoms with Crippen LogP contribution in [0.5, 0.6) is 0 Å². The van der Waals surface area contributed by atoms with E-state index in [4.69, 9.17) is 21.1 Å². The van der Waals surface area contributed by atoms with E-state index >= 15 is 0 Å². The van der Waals surface area contributed by atoms with E-state index in [9.17, 15) is 4.79 Å². The summed E-state index contributed by atoms with van der Waals surface area (Å²) in [5.74, 6) is 1.60. The molecule has 3 fully saturated rings.